The molecule has 6 aromatic carbocycles. The van der Waals surface area contributed by atoms with Crippen LogP contribution in [0.1, 0.15) is 47.8 Å². The van der Waals surface area contributed by atoms with Gasteiger partial charge in [0.1, 0.15) is 12.0 Å². The molecular formula is C48H35N5. The Morgan fingerprint density at radius 1 is 0.566 bits per heavy atom. The summed E-state index contributed by atoms with van der Waals surface area (Å²) in [5.41, 5.74) is 13.2. The zero-order valence-corrected chi connectivity index (χ0v) is 29.5. The van der Waals surface area contributed by atoms with Crippen LogP contribution >= 0.6 is 0 Å². The van der Waals surface area contributed by atoms with Gasteiger partial charge in [-0.25, -0.2) is 15.0 Å². The van der Waals surface area contributed by atoms with Gasteiger partial charge in [0.2, 0.25) is 0 Å². The lowest BCUT2D eigenvalue weighted by molar-refractivity contribution is 0.660. The van der Waals surface area contributed by atoms with Crippen LogP contribution in [0.15, 0.2) is 174 Å². The minimum Gasteiger partial charge on any atom is -0.344 e. The Bertz CT molecular complexity index is 2780. The number of amidine groups is 2. The highest BCUT2D eigenvalue weighted by atomic mass is 15.2. The van der Waals surface area contributed by atoms with Crippen LogP contribution in [-0.4, -0.2) is 21.6 Å². The van der Waals surface area contributed by atoms with Gasteiger partial charge in [-0.1, -0.05) is 135 Å². The molecule has 1 aliphatic carbocycles. The fraction of sp³-hybridized carbons (Fsp3) is 0.0833. The lowest BCUT2D eigenvalue weighted by Gasteiger charge is -2.24. The number of pyridine rings is 2. The van der Waals surface area contributed by atoms with Crippen LogP contribution in [0.4, 0.5) is 0 Å². The highest BCUT2D eigenvalue weighted by Crippen LogP contribution is 2.52. The maximum Gasteiger partial charge on any atom is 0.159 e. The van der Waals surface area contributed by atoms with Gasteiger partial charge in [-0.15, -0.1) is 0 Å². The van der Waals surface area contributed by atoms with Gasteiger partial charge in [-0.05, 0) is 74.7 Å². The molecule has 0 fully saturated rings. The van der Waals surface area contributed by atoms with Crippen molar-refractivity contribution in [2.24, 2.45) is 9.98 Å². The summed E-state index contributed by atoms with van der Waals surface area (Å²) in [6.45, 7) is 4.66. The largest absolute Gasteiger partial charge is 0.344 e. The van der Waals surface area contributed by atoms with E-state index in [9.17, 15) is 0 Å². The number of nitrogens with one attached hydrogen (secondary N) is 1. The molecule has 0 radical (unpaired) electrons. The third kappa shape index (κ3) is 5.15. The van der Waals surface area contributed by atoms with Gasteiger partial charge >= 0.3 is 0 Å². The third-order valence-electron chi connectivity index (χ3n) is 10.8. The number of hydrogen-bond acceptors (Lipinski definition) is 5. The molecule has 0 spiro atoms. The van der Waals surface area contributed by atoms with E-state index in [1.54, 1.807) is 0 Å². The van der Waals surface area contributed by atoms with Crippen molar-refractivity contribution >= 4 is 33.3 Å². The minimum atomic E-state index is -0.316. The average molecular weight is 682 g/mol. The maximum atomic E-state index is 5.32. The first kappa shape index (κ1) is 31.1. The number of para-hydroxylation sites is 1. The van der Waals surface area contributed by atoms with Gasteiger partial charge in [0.25, 0.3) is 0 Å². The predicted octanol–water partition coefficient (Wildman–Crippen LogP) is 10.9. The fourth-order valence-corrected chi connectivity index (χ4v) is 8.19. The molecule has 3 heterocycles. The number of aliphatic imine (C=N–C) groups is 2. The molecule has 252 valence electrons. The number of rotatable bonds is 5. The summed E-state index contributed by atoms with van der Waals surface area (Å²) >= 11 is 0. The Kier molecular flexibility index (Phi) is 7.15. The van der Waals surface area contributed by atoms with Crippen LogP contribution in [0.2, 0.25) is 0 Å². The van der Waals surface area contributed by atoms with Crippen molar-refractivity contribution in [1.82, 2.24) is 15.3 Å². The Morgan fingerprint density at radius 2 is 1.26 bits per heavy atom. The number of hydrogen-bond donors (Lipinski definition) is 1. The summed E-state index contributed by atoms with van der Waals surface area (Å²) in [5, 5.41) is 6.85. The van der Waals surface area contributed by atoms with Gasteiger partial charge in [-0.2, -0.15) is 0 Å². The molecule has 10 rings (SSSR count). The van der Waals surface area contributed by atoms with E-state index in [2.05, 4.69) is 145 Å². The Balaban J connectivity index is 1.26. The Morgan fingerprint density at radius 3 is 2.13 bits per heavy atom. The van der Waals surface area contributed by atoms with Gasteiger partial charge in [0, 0.05) is 45.3 Å². The molecule has 1 unspecified atom stereocenters. The highest BCUT2D eigenvalue weighted by Gasteiger charge is 2.36. The van der Waals surface area contributed by atoms with Crippen LogP contribution in [-0.2, 0) is 5.41 Å². The maximum absolute atomic E-state index is 5.32. The van der Waals surface area contributed by atoms with Crippen molar-refractivity contribution in [2.75, 3.05) is 0 Å². The van der Waals surface area contributed by atoms with Gasteiger partial charge < -0.3 is 5.32 Å². The zero-order valence-electron chi connectivity index (χ0n) is 29.5. The van der Waals surface area contributed by atoms with E-state index in [4.69, 9.17) is 15.0 Å². The predicted molar refractivity (Wildman–Crippen MR) is 217 cm³/mol. The normalized spacial score (nSPS) is 15.7. The summed E-state index contributed by atoms with van der Waals surface area (Å²) in [5.74, 6) is 1.45. The molecular weight excluding hydrogens is 647 g/mol. The van der Waals surface area contributed by atoms with Crippen molar-refractivity contribution in [2.45, 2.75) is 25.4 Å². The second-order valence-corrected chi connectivity index (χ2v) is 14.3. The summed E-state index contributed by atoms with van der Waals surface area (Å²) < 4.78 is 0. The number of fused-ring (bicyclic) bond motifs is 6. The Labute approximate surface area is 308 Å². The highest BCUT2D eigenvalue weighted by molar-refractivity contribution is 6.15. The van der Waals surface area contributed by atoms with Crippen LogP contribution in [0.5, 0.6) is 0 Å². The van der Waals surface area contributed by atoms with Gasteiger partial charge in [0.15, 0.2) is 5.84 Å². The van der Waals surface area contributed by atoms with Crippen molar-refractivity contribution in [3.63, 3.8) is 0 Å². The van der Waals surface area contributed by atoms with E-state index in [1.807, 2.05) is 42.7 Å². The molecule has 2 aliphatic rings. The van der Waals surface area contributed by atoms with E-state index in [0.717, 1.165) is 61.0 Å². The van der Waals surface area contributed by atoms with Gasteiger partial charge in [-0.3, -0.25) is 4.98 Å². The molecule has 1 atom stereocenters. The molecule has 0 amide bonds. The van der Waals surface area contributed by atoms with Crippen LogP contribution < -0.4 is 5.32 Å². The monoisotopic (exact) mass is 681 g/mol. The molecule has 1 aliphatic heterocycles. The average Bonchev–Trinajstić information content (AvgIpc) is 3.47. The lowest BCUT2D eigenvalue weighted by atomic mass is 9.82. The molecule has 8 aromatic rings. The lowest BCUT2D eigenvalue weighted by Crippen LogP contribution is -2.33. The summed E-state index contributed by atoms with van der Waals surface area (Å²) in [4.78, 5) is 20.4. The molecule has 0 saturated heterocycles. The minimum absolute atomic E-state index is 0.124. The second-order valence-electron chi connectivity index (χ2n) is 14.3. The van der Waals surface area contributed by atoms with E-state index in [0.29, 0.717) is 5.84 Å². The zero-order chi connectivity index (χ0) is 35.5. The van der Waals surface area contributed by atoms with E-state index in [1.165, 1.54) is 27.8 Å². The topological polar surface area (TPSA) is 62.5 Å². The van der Waals surface area contributed by atoms with E-state index < -0.39 is 0 Å². The first-order valence-electron chi connectivity index (χ1n) is 18.1. The molecule has 5 nitrogen and oxygen atoms in total. The first-order valence-corrected chi connectivity index (χ1v) is 18.1. The van der Waals surface area contributed by atoms with E-state index >= 15 is 0 Å². The quantitative estimate of drug-likeness (QED) is 0.184. The number of aromatic nitrogens is 2. The van der Waals surface area contributed by atoms with Crippen molar-refractivity contribution in [1.29, 1.82) is 0 Å². The van der Waals surface area contributed by atoms with Crippen molar-refractivity contribution in [3.05, 3.63) is 192 Å². The van der Waals surface area contributed by atoms with Crippen LogP contribution in [0.3, 0.4) is 0 Å². The smallest absolute Gasteiger partial charge is 0.159 e. The molecule has 1 N–H and O–H groups in total. The third-order valence-corrected chi connectivity index (χ3v) is 10.8. The summed E-state index contributed by atoms with van der Waals surface area (Å²) in [6.07, 6.45) is 3.48. The molecule has 2 aromatic heterocycles. The fourth-order valence-electron chi connectivity index (χ4n) is 8.19. The molecule has 5 heteroatoms. The molecule has 53 heavy (non-hydrogen) atoms. The second kappa shape index (κ2) is 12.2. The summed E-state index contributed by atoms with van der Waals surface area (Å²) in [7, 11) is 0. The summed E-state index contributed by atoms with van der Waals surface area (Å²) in [6, 6.07) is 53.4. The SMILES string of the molecule is CC1(C)c2ccccc2-c2c(-c3cc(C4=NC(c5ccccc5)NC(c5ccccc5)=N4)cc(-c4nc5ccccc5c5ccncc45)c3)cccc21. The molecule has 0 saturated carbocycles. The van der Waals surface area contributed by atoms with Crippen molar-refractivity contribution in [3.8, 4) is 33.5 Å². The van der Waals surface area contributed by atoms with Crippen LogP contribution in [0, 0.1) is 0 Å². The molecule has 0 bridgehead atoms. The van der Waals surface area contributed by atoms with Crippen LogP contribution in [0.25, 0.3) is 55.2 Å². The van der Waals surface area contributed by atoms with Crippen molar-refractivity contribution < 1.29 is 0 Å². The number of benzene rings is 6. The van der Waals surface area contributed by atoms with E-state index in [-0.39, 0.29) is 11.6 Å². The Hall–Kier alpha value is -6.72. The first-order chi connectivity index (χ1) is 26.0. The number of nitrogens with zero attached hydrogens (tertiary/aromatic N) is 4. The van der Waals surface area contributed by atoms with Gasteiger partial charge in [0.05, 0.1) is 11.2 Å². The standard InChI is InChI=1S/C48H35N5/c1-48(2)40-21-11-9-19-38(40)43-35(20-13-22-41(43)48)32-26-33(44-39-29-49-25-24-36(39)37-18-10-12-23-42(37)50-44)28-34(27-32)47-52-45(30-14-5-3-6-15-30)51-46(53-47)31-16-7-4-8-17-31/h3-29,45H,1-2H3,(H,51,52,53).